The maximum absolute atomic E-state index is 11.0. The van der Waals surface area contributed by atoms with E-state index < -0.39 is 0 Å². The molecule has 0 fully saturated rings. The van der Waals surface area contributed by atoms with E-state index in [1.807, 2.05) is 25.1 Å². The van der Waals surface area contributed by atoms with Crippen LogP contribution in [0.15, 0.2) is 47.4 Å². The number of hydrogen-bond acceptors (Lipinski definition) is 2. The summed E-state index contributed by atoms with van der Waals surface area (Å²) in [6.07, 6.45) is 0. The van der Waals surface area contributed by atoms with Gasteiger partial charge in [-0.1, -0.05) is 30.3 Å². The van der Waals surface area contributed by atoms with Crippen molar-refractivity contribution in [3.05, 3.63) is 42.5 Å². The number of hydrogen-bond donors (Lipinski definition) is 1. The fourth-order valence-corrected chi connectivity index (χ4v) is 2.37. The van der Waals surface area contributed by atoms with Crippen molar-refractivity contribution in [1.82, 2.24) is 0 Å². The van der Waals surface area contributed by atoms with E-state index in [0.29, 0.717) is 0 Å². The van der Waals surface area contributed by atoms with Crippen LogP contribution >= 0.6 is 11.8 Å². The fraction of sp³-hybridized carbons (Fsp3) is 0.154. The number of rotatable bonds is 3. The van der Waals surface area contributed by atoms with Crippen LogP contribution in [0, 0.1) is 0 Å². The monoisotopic (exact) mass is 231 g/mol. The van der Waals surface area contributed by atoms with Crippen molar-refractivity contribution < 1.29 is 4.79 Å². The Morgan fingerprint density at radius 2 is 1.88 bits per heavy atom. The lowest BCUT2D eigenvalue weighted by Crippen LogP contribution is -2.22. The molecular formula is C13H13NOS. The largest absolute Gasteiger partial charge is 0.369 e. The first-order valence-corrected chi connectivity index (χ1v) is 5.99. The number of fused-ring (bicyclic) bond motifs is 1. The number of benzene rings is 2. The van der Waals surface area contributed by atoms with E-state index in [-0.39, 0.29) is 11.2 Å². The summed E-state index contributed by atoms with van der Waals surface area (Å²) < 4.78 is 0. The molecule has 2 N–H and O–H groups in total. The summed E-state index contributed by atoms with van der Waals surface area (Å²) in [5, 5.41) is 2.20. The molecule has 0 aliphatic heterocycles. The second-order valence-electron chi connectivity index (χ2n) is 3.67. The molecule has 2 aromatic rings. The Bertz CT molecular complexity index is 524. The van der Waals surface area contributed by atoms with E-state index >= 15 is 0 Å². The zero-order valence-electron chi connectivity index (χ0n) is 9.01. The van der Waals surface area contributed by atoms with Gasteiger partial charge in [-0.15, -0.1) is 11.8 Å². The van der Waals surface area contributed by atoms with Gasteiger partial charge in [0.25, 0.3) is 0 Å². The maximum Gasteiger partial charge on any atom is 0.230 e. The zero-order valence-corrected chi connectivity index (χ0v) is 9.83. The van der Waals surface area contributed by atoms with Gasteiger partial charge in [0.2, 0.25) is 5.91 Å². The Labute approximate surface area is 98.8 Å². The molecule has 1 amide bonds. The summed E-state index contributed by atoms with van der Waals surface area (Å²) in [5.41, 5.74) is 5.24. The molecule has 1 atom stereocenters. The molecule has 0 unspecified atom stereocenters. The summed E-state index contributed by atoms with van der Waals surface area (Å²) in [7, 11) is 0. The average molecular weight is 231 g/mol. The minimum Gasteiger partial charge on any atom is -0.369 e. The van der Waals surface area contributed by atoms with Crippen molar-refractivity contribution in [3.63, 3.8) is 0 Å². The van der Waals surface area contributed by atoms with E-state index in [1.165, 1.54) is 22.5 Å². The molecule has 0 heterocycles. The van der Waals surface area contributed by atoms with Gasteiger partial charge in [-0.2, -0.15) is 0 Å². The molecule has 3 heteroatoms. The minimum atomic E-state index is -0.279. The molecule has 0 radical (unpaired) electrons. The van der Waals surface area contributed by atoms with E-state index in [9.17, 15) is 4.79 Å². The maximum atomic E-state index is 11.0. The van der Waals surface area contributed by atoms with Crippen molar-refractivity contribution in [3.8, 4) is 0 Å². The van der Waals surface area contributed by atoms with Crippen LogP contribution < -0.4 is 5.73 Å². The summed E-state index contributed by atoms with van der Waals surface area (Å²) in [6.45, 7) is 1.82. The first kappa shape index (κ1) is 11.0. The van der Waals surface area contributed by atoms with Gasteiger partial charge < -0.3 is 5.73 Å². The number of thioether (sulfide) groups is 1. The molecule has 0 saturated heterocycles. The molecule has 0 spiro atoms. The van der Waals surface area contributed by atoms with Crippen molar-refractivity contribution in [2.75, 3.05) is 0 Å². The Morgan fingerprint density at radius 1 is 1.19 bits per heavy atom. The molecule has 82 valence electrons. The van der Waals surface area contributed by atoms with Gasteiger partial charge in [0.1, 0.15) is 0 Å². The normalized spacial score (nSPS) is 12.6. The first-order chi connectivity index (χ1) is 7.66. The van der Waals surface area contributed by atoms with Crippen molar-refractivity contribution in [1.29, 1.82) is 0 Å². The molecule has 0 aliphatic rings. The van der Waals surface area contributed by atoms with Crippen molar-refractivity contribution in [2.45, 2.75) is 17.1 Å². The van der Waals surface area contributed by atoms with Gasteiger partial charge in [-0.3, -0.25) is 4.79 Å². The topological polar surface area (TPSA) is 43.1 Å². The molecule has 16 heavy (non-hydrogen) atoms. The predicted molar refractivity (Wildman–Crippen MR) is 68.5 cm³/mol. The van der Waals surface area contributed by atoms with Crippen molar-refractivity contribution in [2.24, 2.45) is 5.73 Å². The van der Waals surface area contributed by atoms with Crippen LogP contribution in [0.25, 0.3) is 10.8 Å². The van der Waals surface area contributed by atoms with E-state index in [2.05, 4.69) is 24.3 Å². The van der Waals surface area contributed by atoms with Gasteiger partial charge in [0.15, 0.2) is 0 Å². The number of carbonyl (C=O) groups is 1. The molecule has 0 saturated carbocycles. The Kier molecular flexibility index (Phi) is 3.15. The second-order valence-corrected chi connectivity index (χ2v) is 5.09. The molecule has 2 nitrogen and oxygen atoms in total. The van der Waals surface area contributed by atoms with Crippen molar-refractivity contribution >= 4 is 28.4 Å². The first-order valence-electron chi connectivity index (χ1n) is 5.11. The highest BCUT2D eigenvalue weighted by atomic mass is 32.2. The van der Waals surface area contributed by atoms with Gasteiger partial charge in [0.05, 0.1) is 5.25 Å². The van der Waals surface area contributed by atoms with E-state index in [0.717, 1.165) is 4.90 Å². The number of carbonyl (C=O) groups excluding carboxylic acids is 1. The smallest absolute Gasteiger partial charge is 0.230 e. The Hall–Kier alpha value is -1.48. The van der Waals surface area contributed by atoms with E-state index in [1.54, 1.807) is 0 Å². The minimum absolute atomic E-state index is 0.193. The third-order valence-corrected chi connectivity index (χ3v) is 3.55. The Balaban J connectivity index is 2.29. The van der Waals surface area contributed by atoms with E-state index in [4.69, 9.17) is 5.73 Å². The van der Waals surface area contributed by atoms with Crippen LogP contribution in [0.5, 0.6) is 0 Å². The van der Waals surface area contributed by atoms with Crippen LogP contribution in [-0.2, 0) is 4.79 Å². The zero-order chi connectivity index (χ0) is 11.5. The third kappa shape index (κ3) is 2.36. The summed E-state index contributed by atoms with van der Waals surface area (Å²) in [4.78, 5) is 12.0. The molecule has 2 aromatic carbocycles. The van der Waals surface area contributed by atoms with Gasteiger partial charge >= 0.3 is 0 Å². The highest BCUT2D eigenvalue weighted by Gasteiger charge is 2.10. The van der Waals surface area contributed by atoms with Gasteiger partial charge in [0, 0.05) is 4.90 Å². The fourth-order valence-electron chi connectivity index (χ4n) is 1.50. The molecule has 0 aromatic heterocycles. The summed E-state index contributed by atoms with van der Waals surface area (Å²) in [6, 6.07) is 14.3. The van der Waals surface area contributed by atoms with Gasteiger partial charge in [-0.05, 0) is 29.8 Å². The Morgan fingerprint density at radius 3 is 2.56 bits per heavy atom. The number of nitrogens with two attached hydrogens (primary N) is 1. The quantitative estimate of drug-likeness (QED) is 0.825. The third-order valence-electron chi connectivity index (χ3n) is 2.43. The van der Waals surface area contributed by atoms with Crippen LogP contribution in [0.4, 0.5) is 0 Å². The summed E-state index contributed by atoms with van der Waals surface area (Å²) >= 11 is 1.49. The SMILES string of the molecule is C[C@H](Sc1ccc2ccccc2c1)C(N)=O. The van der Waals surface area contributed by atoms with Gasteiger partial charge in [-0.25, -0.2) is 0 Å². The number of primary amides is 1. The highest BCUT2D eigenvalue weighted by Crippen LogP contribution is 2.26. The van der Waals surface area contributed by atoms with Crippen LogP contribution in [-0.4, -0.2) is 11.2 Å². The van der Waals surface area contributed by atoms with Crippen LogP contribution in [0.2, 0.25) is 0 Å². The highest BCUT2D eigenvalue weighted by molar-refractivity contribution is 8.00. The molecule has 0 bridgehead atoms. The molecule has 0 aliphatic carbocycles. The summed E-state index contributed by atoms with van der Waals surface area (Å²) in [5.74, 6) is -0.279. The second kappa shape index (κ2) is 4.58. The number of amides is 1. The molecular weight excluding hydrogens is 218 g/mol. The van der Waals surface area contributed by atoms with Crippen LogP contribution in [0.1, 0.15) is 6.92 Å². The lowest BCUT2D eigenvalue weighted by Gasteiger charge is -2.07. The molecule has 2 rings (SSSR count). The lowest BCUT2D eigenvalue weighted by molar-refractivity contribution is -0.117. The standard InChI is InChI=1S/C13H13NOS/c1-9(13(14)15)16-12-7-6-10-4-2-3-5-11(10)8-12/h2-9H,1H3,(H2,14,15)/t9-/m0/s1. The predicted octanol–water partition coefficient (Wildman–Crippen LogP) is 2.81. The lowest BCUT2D eigenvalue weighted by atomic mass is 10.1. The average Bonchev–Trinajstić information content (AvgIpc) is 2.28. The van der Waals surface area contributed by atoms with Crippen LogP contribution in [0.3, 0.4) is 0 Å².